The molecule has 0 aromatic heterocycles. The van der Waals surface area contributed by atoms with Gasteiger partial charge < -0.3 is 15.2 Å². The summed E-state index contributed by atoms with van der Waals surface area (Å²) in [4.78, 5) is 0. The van der Waals surface area contributed by atoms with Gasteiger partial charge in [0, 0.05) is 12.8 Å². The lowest BCUT2D eigenvalue weighted by atomic mass is 10.2. The topological polar surface area (TPSA) is 44.5 Å². The molecular weight excluding hydrogens is 178 g/mol. The summed E-state index contributed by atoms with van der Waals surface area (Å²) >= 11 is 0. The van der Waals surface area contributed by atoms with Gasteiger partial charge in [-0.05, 0) is 24.6 Å². The second-order valence-corrected chi connectivity index (χ2v) is 3.30. The highest BCUT2D eigenvalue weighted by Crippen LogP contribution is 2.06. The highest BCUT2D eigenvalue weighted by atomic mass is 16.5. The molecule has 0 fully saturated rings. The van der Waals surface area contributed by atoms with Gasteiger partial charge in [-0.15, -0.1) is 0 Å². The Balaban J connectivity index is 2.28. The zero-order valence-electron chi connectivity index (χ0n) is 8.69. The first kappa shape index (κ1) is 11.0. The van der Waals surface area contributed by atoms with Gasteiger partial charge in [-0.3, -0.25) is 0 Å². The number of anilines is 1. The average Bonchev–Trinajstić information content (AvgIpc) is 2.21. The molecule has 0 heterocycles. The van der Waals surface area contributed by atoms with Gasteiger partial charge in [0.2, 0.25) is 0 Å². The lowest BCUT2D eigenvalue weighted by molar-refractivity contribution is 0.0117. The van der Waals surface area contributed by atoms with Gasteiger partial charge in [0.1, 0.15) is 0 Å². The third-order valence-corrected chi connectivity index (χ3v) is 2.00. The molecule has 3 heteroatoms. The summed E-state index contributed by atoms with van der Waals surface area (Å²) in [6.07, 6.45) is 0.142. The van der Waals surface area contributed by atoms with Crippen LogP contribution in [0.25, 0.3) is 0 Å². The molecule has 0 aliphatic heterocycles. The summed E-state index contributed by atoms with van der Waals surface area (Å²) in [5.41, 5.74) is 7.47. The van der Waals surface area contributed by atoms with E-state index < -0.39 is 0 Å². The molecule has 1 atom stereocenters. The minimum Gasteiger partial charge on any atom is -0.399 e. The number of methoxy groups -OCH3 is 1. The second-order valence-electron chi connectivity index (χ2n) is 3.30. The van der Waals surface area contributed by atoms with E-state index in [1.165, 1.54) is 0 Å². The van der Waals surface area contributed by atoms with E-state index in [9.17, 15) is 0 Å². The number of ether oxygens (including phenoxy) is 2. The van der Waals surface area contributed by atoms with Gasteiger partial charge in [-0.1, -0.05) is 12.1 Å². The van der Waals surface area contributed by atoms with Crippen LogP contribution < -0.4 is 5.73 Å². The molecule has 14 heavy (non-hydrogen) atoms. The minimum absolute atomic E-state index is 0.142. The third kappa shape index (κ3) is 3.77. The van der Waals surface area contributed by atoms with E-state index in [1.54, 1.807) is 7.11 Å². The van der Waals surface area contributed by atoms with Crippen molar-refractivity contribution in [2.45, 2.75) is 19.6 Å². The van der Waals surface area contributed by atoms with E-state index in [2.05, 4.69) is 0 Å². The summed E-state index contributed by atoms with van der Waals surface area (Å²) in [6.45, 7) is 3.19. The quantitative estimate of drug-likeness (QED) is 0.729. The van der Waals surface area contributed by atoms with Crippen molar-refractivity contribution in [2.75, 3.05) is 19.5 Å². The van der Waals surface area contributed by atoms with Crippen molar-refractivity contribution >= 4 is 5.69 Å². The Labute approximate surface area is 84.8 Å². The maximum absolute atomic E-state index is 5.56. The van der Waals surface area contributed by atoms with Gasteiger partial charge >= 0.3 is 0 Å². The Hall–Kier alpha value is -1.06. The molecule has 0 aliphatic carbocycles. The lowest BCUT2D eigenvalue weighted by Gasteiger charge is -2.09. The summed E-state index contributed by atoms with van der Waals surface area (Å²) in [7, 11) is 1.68. The second kappa shape index (κ2) is 5.62. The van der Waals surface area contributed by atoms with Crippen molar-refractivity contribution in [3.63, 3.8) is 0 Å². The first-order valence-corrected chi connectivity index (χ1v) is 4.67. The molecule has 0 spiro atoms. The van der Waals surface area contributed by atoms with Crippen LogP contribution in [-0.2, 0) is 16.1 Å². The first-order valence-electron chi connectivity index (χ1n) is 4.67. The van der Waals surface area contributed by atoms with Gasteiger partial charge in [0.25, 0.3) is 0 Å². The number of benzene rings is 1. The normalized spacial score (nSPS) is 12.7. The minimum atomic E-state index is 0.142. The van der Waals surface area contributed by atoms with E-state index in [1.807, 2.05) is 31.2 Å². The highest BCUT2D eigenvalue weighted by Gasteiger charge is 1.99. The standard InChI is InChI=1S/C11H17NO2/c1-9(13-2)7-14-8-10-3-5-11(12)6-4-10/h3-6,9H,7-8,12H2,1-2H3. The Morgan fingerprint density at radius 3 is 2.50 bits per heavy atom. The first-order chi connectivity index (χ1) is 6.72. The fourth-order valence-corrected chi connectivity index (χ4v) is 1.02. The van der Waals surface area contributed by atoms with Crippen LogP contribution in [0, 0.1) is 0 Å². The van der Waals surface area contributed by atoms with E-state index in [4.69, 9.17) is 15.2 Å². The SMILES string of the molecule is COC(C)COCc1ccc(N)cc1. The number of hydrogen-bond donors (Lipinski definition) is 1. The monoisotopic (exact) mass is 195 g/mol. The lowest BCUT2D eigenvalue weighted by Crippen LogP contribution is -2.13. The fraction of sp³-hybridized carbons (Fsp3) is 0.455. The molecular formula is C11H17NO2. The Morgan fingerprint density at radius 2 is 1.93 bits per heavy atom. The van der Waals surface area contributed by atoms with E-state index in [-0.39, 0.29) is 6.10 Å². The maximum Gasteiger partial charge on any atom is 0.0776 e. The predicted molar refractivity (Wildman–Crippen MR) is 57.0 cm³/mol. The highest BCUT2D eigenvalue weighted by molar-refractivity contribution is 5.39. The number of nitrogens with two attached hydrogens (primary N) is 1. The maximum atomic E-state index is 5.56. The van der Waals surface area contributed by atoms with Crippen LogP contribution >= 0.6 is 0 Å². The Bertz CT molecular complexity index is 258. The van der Waals surface area contributed by atoms with Crippen molar-refractivity contribution in [1.29, 1.82) is 0 Å². The number of hydrogen-bond acceptors (Lipinski definition) is 3. The van der Waals surface area contributed by atoms with Gasteiger partial charge in [0.15, 0.2) is 0 Å². The van der Waals surface area contributed by atoms with Crippen LogP contribution in [0.15, 0.2) is 24.3 Å². The van der Waals surface area contributed by atoms with Crippen molar-refractivity contribution in [3.05, 3.63) is 29.8 Å². The Morgan fingerprint density at radius 1 is 1.29 bits per heavy atom. The van der Waals surface area contributed by atoms with Crippen molar-refractivity contribution in [3.8, 4) is 0 Å². The number of rotatable bonds is 5. The molecule has 0 saturated heterocycles. The van der Waals surface area contributed by atoms with Crippen molar-refractivity contribution in [2.24, 2.45) is 0 Å². The molecule has 1 unspecified atom stereocenters. The third-order valence-electron chi connectivity index (χ3n) is 2.00. The van der Waals surface area contributed by atoms with Crippen molar-refractivity contribution in [1.82, 2.24) is 0 Å². The van der Waals surface area contributed by atoms with Crippen molar-refractivity contribution < 1.29 is 9.47 Å². The van der Waals surface area contributed by atoms with E-state index in [0.29, 0.717) is 13.2 Å². The smallest absolute Gasteiger partial charge is 0.0776 e. The zero-order chi connectivity index (χ0) is 10.4. The van der Waals surface area contributed by atoms with Crippen LogP contribution in [0.1, 0.15) is 12.5 Å². The molecule has 3 nitrogen and oxygen atoms in total. The van der Waals surface area contributed by atoms with Crippen LogP contribution in [0.3, 0.4) is 0 Å². The number of nitrogen functional groups attached to an aromatic ring is 1. The molecule has 0 aliphatic rings. The molecule has 1 aromatic rings. The zero-order valence-corrected chi connectivity index (χ0v) is 8.69. The van der Waals surface area contributed by atoms with Gasteiger partial charge in [-0.2, -0.15) is 0 Å². The van der Waals surface area contributed by atoms with Crippen LogP contribution in [-0.4, -0.2) is 19.8 Å². The van der Waals surface area contributed by atoms with Gasteiger partial charge in [0.05, 0.1) is 19.3 Å². The molecule has 0 radical (unpaired) electrons. The van der Waals surface area contributed by atoms with E-state index in [0.717, 1.165) is 11.3 Å². The van der Waals surface area contributed by atoms with E-state index >= 15 is 0 Å². The van der Waals surface area contributed by atoms with Crippen LogP contribution in [0.2, 0.25) is 0 Å². The van der Waals surface area contributed by atoms with Gasteiger partial charge in [-0.25, -0.2) is 0 Å². The van der Waals surface area contributed by atoms with Crippen LogP contribution in [0.4, 0.5) is 5.69 Å². The molecule has 1 aromatic carbocycles. The summed E-state index contributed by atoms with van der Waals surface area (Å²) in [6, 6.07) is 7.68. The average molecular weight is 195 g/mol. The molecule has 2 N–H and O–H groups in total. The molecule has 0 amide bonds. The molecule has 78 valence electrons. The summed E-state index contributed by atoms with van der Waals surface area (Å²) in [5.74, 6) is 0. The fourth-order valence-electron chi connectivity index (χ4n) is 1.02. The molecule has 1 rings (SSSR count). The largest absolute Gasteiger partial charge is 0.399 e. The predicted octanol–water partition coefficient (Wildman–Crippen LogP) is 1.82. The van der Waals surface area contributed by atoms with Crippen LogP contribution in [0.5, 0.6) is 0 Å². The summed E-state index contributed by atoms with van der Waals surface area (Å²) in [5, 5.41) is 0. The molecule has 0 saturated carbocycles. The Kier molecular flexibility index (Phi) is 4.43. The molecule has 0 bridgehead atoms. The summed E-state index contributed by atoms with van der Waals surface area (Å²) < 4.78 is 10.5.